The summed E-state index contributed by atoms with van der Waals surface area (Å²) in [5, 5.41) is 0.225. The van der Waals surface area contributed by atoms with Crippen LogP contribution in [0.5, 0.6) is 0 Å². The van der Waals surface area contributed by atoms with Gasteiger partial charge in [-0.1, -0.05) is 25.1 Å². The fraction of sp³-hybridized carbons (Fsp3) is 0.294. The zero-order chi connectivity index (χ0) is 14.7. The third-order valence-electron chi connectivity index (χ3n) is 3.56. The van der Waals surface area contributed by atoms with E-state index in [1.807, 2.05) is 0 Å². The van der Waals surface area contributed by atoms with E-state index in [4.69, 9.17) is 5.73 Å². The van der Waals surface area contributed by atoms with Crippen molar-refractivity contribution in [1.82, 2.24) is 0 Å². The summed E-state index contributed by atoms with van der Waals surface area (Å²) in [5.74, 6) is -0.226. The Balaban J connectivity index is 2.08. The molecule has 2 atom stereocenters. The van der Waals surface area contributed by atoms with Crippen LogP contribution < -0.4 is 5.73 Å². The minimum Gasteiger partial charge on any atom is -0.323 e. The third kappa shape index (κ3) is 3.62. The van der Waals surface area contributed by atoms with E-state index in [2.05, 4.69) is 39.0 Å². The Bertz CT molecular complexity index is 580. The van der Waals surface area contributed by atoms with Gasteiger partial charge in [-0.15, -0.1) is 11.8 Å². The highest BCUT2D eigenvalue weighted by Crippen LogP contribution is 2.31. The van der Waals surface area contributed by atoms with Crippen molar-refractivity contribution >= 4 is 11.8 Å². The molecule has 0 aliphatic carbocycles. The van der Waals surface area contributed by atoms with Crippen LogP contribution in [0.2, 0.25) is 0 Å². The lowest BCUT2D eigenvalue weighted by Crippen LogP contribution is -2.21. The molecule has 0 saturated heterocycles. The Morgan fingerprint density at radius 1 is 1.00 bits per heavy atom. The van der Waals surface area contributed by atoms with Gasteiger partial charge in [0.05, 0.1) is 0 Å². The van der Waals surface area contributed by atoms with Crippen LogP contribution in [0.15, 0.2) is 47.4 Å². The van der Waals surface area contributed by atoms with Gasteiger partial charge in [0, 0.05) is 16.2 Å². The summed E-state index contributed by atoms with van der Waals surface area (Å²) in [6.07, 6.45) is 0. The van der Waals surface area contributed by atoms with Crippen molar-refractivity contribution in [1.29, 1.82) is 0 Å². The second kappa shape index (κ2) is 6.42. The molecule has 1 nitrogen and oxygen atoms in total. The highest BCUT2D eigenvalue weighted by molar-refractivity contribution is 8.00. The van der Waals surface area contributed by atoms with Crippen molar-refractivity contribution in [3.63, 3.8) is 0 Å². The van der Waals surface area contributed by atoms with Gasteiger partial charge in [-0.2, -0.15) is 0 Å². The number of thioether (sulfide) groups is 1. The topological polar surface area (TPSA) is 26.0 Å². The van der Waals surface area contributed by atoms with Crippen LogP contribution >= 0.6 is 11.8 Å². The maximum Gasteiger partial charge on any atom is 0.123 e. The summed E-state index contributed by atoms with van der Waals surface area (Å²) in [4.78, 5) is 1.22. The Hall–Kier alpha value is -1.32. The lowest BCUT2D eigenvalue weighted by molar-refractivity contribution is 0.624. The number of hydrogen-bond donors (Lipinski definition) is 1. The molecule has 0 heterocycles. The van der Waals surface area contributed by atoms with Crippen molar-refractivity contribution < 1.29 is 4.39 Å². The van der Waals surface area contributed by atoms with Crippen molar-refractivity contribution in [2.75, 3.05) is 0 Å². The molecule has 3 heteroatoms. The van der Waals surface area contributed by atoms with Gasteiger partial charge in [0.2, 0.25) is 0 Å². The highest BCUT2D eigenvalue weighted by Gasteiger charge is 2.16. The number of rotatable bonds is 4. The summed E-state index contributed by atoms with van der Waals surface area (Å²) in [6, 6.07) is 12.8. The van der Waals surface area contributed by atoms with E-state index in [1.165, 1.54) is 28.2 Å². The molecular weight excluding hydrogens is 269 g/mol. The largest absolute Gasteiger partial charge is 0.323 e. The van der Waals surface area contributed by atoms with E-state index in [0.29, 0.717) is 0 Å². The average molecular weight is 289 g/mol. The van der Waals surface area contributed by atoms with E-state index in [1.54, 1.807) is 23.9 Å². The van der Waals surface area contributed by atoms with Crippen molar-refractivity contribution in [2.45, 2.75) is 37.0 Å². The third-order valence-corrected chi connectivity index (χ3v) is 4.75. The van der Waals surface area contributed by atoms with Crippen molar-refractivity contribution in [3.8, 4) is 0 Å². The first kappa shape index (κ1) is 15.1. The quantitative estimate of drug-likeness (QED) is 0.831. The second-order valence-electron chi connectivity index (χ2n) is 5.15. The summed E-state index contributed by atoms with van der Waals surface area (Å²) in [6.45, 7) is 6.33. The molecule has 0 fully saturated rings. The first-order valence-electron chi connectivity index (χ1n) is 6.72. The molecule has 0 amide bonds. The van der Waals surface area contributed by atoms with E-state index in [9.17, 15) is 4.39 Å². The summed E-state index contributed by atoms with van der Waals surface area (Å²) >= 11 is 1.75. The van der Waals surface area contributed by atoms with Crippen LogP contribution in [0, 0.1) is 19.7 Å². The molecule has 0 bridgehead atoms. The van der Waals surface area contributed by atoms with Crippen molar-refractivity contribution in [3.05, 3.63) is 65.0 Å². The Morgan fingerprint density at radius 3 is 2.25 bits per heavy atom. The summed E-state index contributed by atoms with van der Waals surface area (Å²) < 4.78 is 12.9. The van der Waals surface area contributed by atoms with E-state index in [-0.39, 0.29) is 17.1 Å². The average Bonchev–Trinajstić information content (AvgIpc) is 2.43. The second-order valence-corrected chi connectivity index (χ2v) is 6.60. The molecular formula is C17H20FNS. The maximum atomic E-state index is 12.9. The van der Waals surface area contributed by atoms with Gasteiger partial charge in [-0.3, -0.25) is 0 Å². The van der Waals surface area contributed by atoms with Crippen LogP contribution in [0.25, 0.3) is 0 Å². The Kier molecular flexibility index (Phi) is 4.84. The van der Waals surface area contributed by atoms with Crippen LogP contribution in [0.1, 0.15) is 29.7 Å². The fourth-order valence-electron chi connectivity index (χ4n) is 2.03. The van der Waals surface area contributed by atoms with E-state index < -0.39 is 0 Å². The fourth-order valence-corrected chi connectivity index (χ4v) is 3.16. The van der Waals surface area contributed by atoms with Gasteiger partial charge >= 0.3 is 0 Å². The van der Waals surface area contributed by atoms with Gasteiger partial charge in [0.1, 0.15) is 5.82 Å². The monoisotopic (exact) mass is 289 g/mol. The van der Waals surface area contributed by atoms with Gasteiger partial charge in [0.25, 0.3) is 0 Å². The van der Waals surface area contributed by atoms with Gasteiger partial charge in [-0.25, -0.2) is 4.39 Å². The smallest absolute Gasteiger partial charge is 0.123 e. The summed E-state index contributed by atoms with van der Waals surface area (Å²) in [7, 11) is 0. The van der Waals surface area contributed by atoms with E-state index in [0.717, 1.165) is 5.56 Å². The van der Waals surface area contributed by atoms with Crippen LogP contribution in [-0.4, -0.2) is 5.25 Å². The molecule has 0 spiro atoms. The van der Waals surface area contributed by atoms with Crippen LogP contribution in [-0.2, 0) is 0 Å². The predicted molar refractivity (Wildman–Crippen MR) is 84.6 cm³/mol. The molecule has 0 aliphatic heterocycles. The molecule has 2 unspecified atom stereocenters. The van der Waals surface area contributed by atoms with Gasteiger partial charge < -0.3 is 5.73 Å². The van der Waals surface area contributed by atoms with E-state index >= 15 is 0 Å². The zero-order valence-corrected chi connectivity index (χ0v) is 12.9. The molecule has 0 aliphatic rings. The number of hydrogen-bond acceptors (Lipinski definition) is 2. The molecule has 2 aromatic rings. The normalized spacial score (nSPS) is 14.1. The minimum absolute atomic E-state index is 0.109. The molecule has 20 heavy (non-hydrogen) atoms. The molecule has 106 valence electrons. The Labute approximate surface area is 124 Å². The highest BCUT2D eigenvalue weighted by atomic mass is 32.2. The zero-order valence-electron chi connectivity index (χ0n) is 12.1. The SMILES string of the molecule is Cc1ccc(SC(C)C(N)c2ccc(F)cc2)cc1C. The molecule has 0 radical (unpaired) electrons. The number of nitrogens with two attached hydrogens (primary N) is 1. The van der Waals surface area contributed by atoms with Gasteiger partial charge in [0.15, 0.2) is 0 Å². The van der Waals surface area contributed by atoms with Crippen LogP contribution in [0.3, 0.4) is 0 Å². The molecule has 2 N–H and O–H groups in total. The maximum absolute atomic E-state index is 12.9. The summed E-state index contributed by atoms with van der Waals surface area (Å²) in [5.41, 5.74) is 9.81. The molecule has 0 aromatic heterocycles. The van der Waals surface area contributed by atoms with Gasteiger partial charge in [-0.05, 0) is 54.8 Å². The molecule has 2 rings (SSSR count). The number of aryl methyl sites for hydroxylation is 2. The first-order chi connectivity index (χ1) is 9.47. The lowest BCUT2D eigenvalue weighted by atomic mass is 10.1. The first-order valence-corrected chi connectivity index (χ1v) is 7.60. The minimum atomic E-state index is -0.226. The predicted octanol–water partition coefficient (Wildman–Crippen LogP) is 4.62. The number of benzene rings is 2. The van der Waals surface area contributed by atoms with Crippen LogP contribution in [0.4, 0.5) is 4.39 Å². The molecule has 0 saturated carbocycles. The van der Waals surface area contributed by atoms with Crippen molar-refractivity contribution in [2.24, 2.45) is 5.73 Å². The molecule has 2 aromatic carbocycles. The standard InChI is InChI=1S/C17H20FNS/c1-11-4-9-16(10-12(11)2)20-13(3)17(19)14-5-7-15(18)8-6-14/h4-10,13,17H,19H2,1-3H3. The Morgan fingerprint density at radius 2 is 1.65 bits per heavy atom. The lowest BCUT2D eigenvalue weighted by Gasteiger charge is -2.20. The number of halogens is 1.